The van der Waals surface area contributed by atoms with Crippen LogP contribution in [0.15, 0.2) is 23.8 Å². The summed E-state index contributed by atoms with van der Waals surface area (Å²) in [4.78, 5) is 0. The highest BCUT2D eigenvalue weighted by Crippen LogP contribution is 2.20. The Morgan fingerprint density at radius 2 is 2.25 bits per heavy atom. The Morgan fingerprint density at radius 3 is 2.50 bits per heavy atom. The molecule has 0 unspecified atom stereocenters. The summed E-state index contributed by atoms with van der Waals surface area (Å²) in [5, 5.41) is 0. The molecule has 1 aliphatic rings. The van der Waals surface area contributed by atoms with Crippen molar-refractivity contribution in [3.8, 4) is 0 Å². The fourth-order valence-electron chi connectivity index (χ4n) is 0.705. The van der Waals surface area contributed by atoms with Gasteiger partial charge in [-0.2, -0.15) is 8.78 Å². The van der Waals surface area contributed by atoms with Crippen LogP contribution in [0.25, 0.3) is 0 Å². The van der Waals surface area contributed by atoms with Crippen LogP contribution in [0.3, 0.4) is 0 Å². The standard InChI is InChI=1S/C6H6F2/c7-6(8)5-3-1-2-4-5/h1,3H,2,4H2. The lowest BCUT2D eigenvalue weighted by molar-refractivity contribution is 0.412. The maximum atomic E-state index is 11.6. The van der Waals surface area contributed by atoms with Gasteiger partial charge in [0.25, 0.3) is 6.08 Å². The number of allylic oxidation sites excluding steroid dienone is 3. The van der Waals surface area contributed by atoms with Crippen molar-refractivity contribution in [2.24, 2.45) is 0 Å². The first-order valence-corrected chi connectivity index (χ1v) is 2.51. The fourth-order valence-corrected chi connectivity index (χ4v) is 0.705. The molecule has 0 bridgehead atoms. The smallest absolute Gasteiger partial charge is 0.173 e. The van der Waals surface area contributed by atoms with Gasteiger partial charge >= 0.3 is 0 Å². The Balaban J connectivity index is 2.73. The molecule has 0 aromatic heterocycles. The minimum Gasteiger partial charge on any atom is -0.173 e. The van der Waals surface area contributed by atoms with Gasteiger partial charge in [-0.15, -0.1) is 0 Å². The van der Waals surface area contributed by atoms with Crippen molar-refractivity contribution in [3.05, 3.63) is 23.8 Å². The molecule has 0 saturated carbocycles. The zero-order chi connectivity index (χ0) is 5.98. The number of hydrogen-bond acceptors (Lipinski definition) is 0. The van der Waals surface area contributed by atoms with E-state index in [2.05, 4.69) is 0 Å². The van der Waals surface area contributed by atoms with Gasteiger partial charge in [0.15, 0.2) is 0 Å². The summed E-state index contributed by atoms with van der Waals surface area (Å²) in [6.45, 7) is 0. The largest absolute Gasteiger partial charge is 0.273 e. The molecule has 0 saturated heterocycles. The van der Waals surface area contributed by atoms with Crippen LogP contribution in [0.1, 0.15) is 12.8 Å². The first-order valence-electron chi connectivity index (χ1n) is 2.51. The maximum absolute atomic E-state index is 11.6. The summed E-state index contributed by atoms with van der Waals surface area (Å²) in [6, 6.07) is 0. The molecular formula is C6H6F2. The van der Waals surface area contributed by atoms with Crippen molar-refractivity contribution in [2.45, 2.75) is 12.8 Å². The van der Waals surface area contributed by atoms with Crippen LogP contribution in [-0.2, 0) is 0 Å². The number of rotatable bonds is 0. The second-order valence-corrected chi connectivity index (χ2v) is 1.73. The number of hydrogen-bond donors (Lipinski definition) is 0. The second-order valence-electron chi connectivity index (χ2n) is 1.73. The molecule has 0 spiro atoms. The molecule has 0 N–H and O–H groups in total. The summed E-state index contributed by atoms with van der Waals surface area (Å²) in [5.41, 5.74) is 0.199. The molecule has 0 fully saturated rings. The van der Waals surface area contributed by atoms with E-state index in [4.69, 9.17) is 0 Å². The van der Waals surface area contributed by atoms with Crippen molar-refractivity contribution in [1.82, 2.24) is 0 Å². The highest BCUT2D eigenvalue weighted by Gasteiger charge is 2.04. The second kappa shape index (κ2) is 2.07. The summed E-state index contributed by atoms with van der Waals surface area (Å²) in [5.74, 6) is 0. The van der Waals surface area contributed by atoms with Gasteiger partial charge in [0.2, 0.25) is 0 Å². The van der Waals surface area contributed by atoms with E-state index in [1.54, 1.807) is 6.08 Å². The summed E-state index contributed by atoms with van der Waals surface area (Å²) in [6.07, 6.45) is 3.00. The normalized spacial score (nSPS) is 17.5. The topological polar surface area (TPSA) is 0 Å². The third kappa shape index (κ3) is 0.941. The van der Waals surface area contributed by atoms with Crippen LogP contribution < -0.4 is 0 Å². The molecule has 0 aromatic rings. The van der Waals surface area contributed by atoms with Crippen LogP contribution in [0.5, 0.6) is 0 Å². The highest BCUT2D eigenvalue weighted by atomic mass is 19.3. The van der Waals surface area contributed by atoms with Crippen molar-refractivity contribution >= 4 is 0 Å². The average molecular weight is 116 g/mol. The first-order chi connectivity index (χ1) is 3.80. The minimum atomic E-state index is -1.53. The maximum Gasteiger partial charge on any atom is 0.273 e. The van der Waals surface area contributed by atoms with E-state index in [9.17, 15) is 8.78 Å². The SMILES string of the molecule is FC(F)=C1C=CCC1. The first kappa shape index (κ1) is 5.48. The lowest BCUT2D eigenvalue weighted by atomic mass is 10.3. The Bertz CT molecular complexity index is 141. The molecule has 0 nitrogen and oxygen atoms in total. The monoisotopic (exact) mass is 116 g/mol. The van der Waals surface area contributed by atoms with Gasteiger partial charge in [-0.25, -0.2) is 0 Å². The molecule has 44 valence electrons. The van der Waals surface area contributed by atoms with Crippen LogP contribution in [0, 0.1) is 0 Å². The van der Waals surface area contributed by atoms with E-state index >= 15 is 0 Å². The summed E-state index contributed by atoms with van der Waals surface area (Å²) in [7, 11) is 0. The van der Waals surface area contributed by atoms with Gasteiger partial charge < -0.3 is 0 Å². The van der Waals surface area contributed by atoms with Crippen molar-refractivity contribution < 1.29 is 8.78 Å². The van der Waals surface area contributed by atoms with E-state index in [-0.39, 0.29) is 5.57 Å². The Kier molecular flexibility index (Phi) is 1.42. The van der Waals surface area contributed by atoms with E-state index in [1.165, 1.54) is 6.08 Å². The van der Waals surface area contributed by atoms with E-state index in [0.717, 1.165) is 6.42 Å². The van der Waals surface area contributed by atoms with E-state index in [1.807, 2.05) is 0 Å². The fraction of sp³-hybridized carbons (Fsp3) is 0.333. The van der Waals surface area contributed by atoms with Crippen molar-refractivity contribution in [1.29, 1.82) is 0 Å². The predicted molar refractivity (Wildman–Crippen MR) is 27.6 cm³/mol. The Labute approximate surface area is 46.5 Å². The lowest BCUT2D eigenvalue weighted by Gasteiger charge is -1.85. The molecule has 8 heavy (non-hydrogen) atoms. The zero-order valence-corrected chi connectivity index (χ0v) is 4.32. The molecule has 0 amide bonds. The Hall–Kier alpha value is -0.660. The van der Waals surface area contributed by atoms with Crippen LogP contribution in [-0.4, -0.2) is 0 Å². The van der Waals surface area contributed by atoms with Crippen molar-refractivity contribution in [3.63, 3.8) is 0 Å². The molecule has 0 atom stereocenters. The molecule has 1 aliphatic carbocycles. The summed E-state index contributed by atoms with van der Waals surface area (Å²) >= 11 is 0. The van der Waals surface area contributed by atoms with Gasteiger partial charge in [-0.05, 0) is 12.8 Å². The van der Waals surface area contributed by atoms with Gasteiger partial charge in [0, 0.05) is 5.57 Å². The molecule has 1 rings (SSSR count). The quantitative estimate of drug-likeness (QED) is 0.456. The van der Waals surface area contributed by atoms with E-state index < -0.39 is 6.08 Å². The molecular weight excluding hydrogens is 110 g/mol. The molecule has 2 heteroatoms. The van der Waals surface area contributed by atoms with Crippen LogP contribution >= 0.6 is 0 Å². The molecule has 0 aliphatic heterocycles. The number of halogens is 2. The average Bonchev–Trinajstić information content (AvgIpc) is 2.12. The minimum absolute atomic E-state index is 0.199. The van der Waals surface area contributed by atoms with Gasteiger partial charge in [0.05, 0.1) is 0 Å². The summed E-state index contributed by atoms with van der Waals surface area (Å²) < 4.78 is 23.1. The van der Waals surface area contributed by atoms with Crippen molar-refractivity contribution in [2.75, 3.05) is 0 Å². The van der Waals surface area contributed by atoms with Gasteiger partial charge in [-0.1, -0.05) is 12.2 Å². The molecule has 0 aromatic carbocycles. The zero-order valence-electron chi connectivity index (χ0n) is 4.32. The predicted octanol–water partition coefficient (Wildman–Crippen LogP) is 2.49. The highest BCUT2D eigenvalue weighted by molar-refractivity contribution is 5.24. The lowest BCUT2D eigenvalue weighted by Crippen LogP contribution is -1.70. The van der Waals surface area contributed by atoms with Crippen LogP contribution in [0.2, 0.25) is 0 Å². The third-order valence-electron chi connectivity index (χ3n) is 1.14. The van der Waals surface area contributed by atoms with Crippen LogP contribution in [0.4, 0.5) is 8.78 Å². The Morgan fingerprint density at radius 1 is 1.50 bits per heavy atom. The third-order valence-corrected chi connectivity index (χ3v) is 1.14. The molecule has 0 heterocycles. The van der Waals surface area contributed by atoms with Gasteiger partial charge in [-0.3, -0.25) is 0 Å². The van der Waals surface area contributed by atoms with Gasteiger partial charge in [0.1, 0.15) is 0 Å². The molecule has 0 radical (unpaired) electrons. The van der Waals surface area contributed by atoms with E-state index in [0.29, 0.717) is 6.42 Å².